The molecule has 2 aromatic carbocycles. The summed E-state index contributed by atoms with van der Waals surface area (Å²) in [7, 11) is 0. The molecular weight excluding hydrogens is 256 g/mol. The average Bonchev–Trinajstić information content (AvgIpc) is 3.11. The molecule has 3 aromatic rings. The van der Waals surface area contributed by atoms with Crippen molar-refractivity contribution in [2.45, 2.75) is 38.8 Å². The number of nitrogens with zero attached hydrogens (tertiary/aromatic N) is 2. The molecule has 0 saturated heterocycles. The van der Waals surface area contributed by atoms with Crippen LogP contribution in [0, 0.1) is 0 Å². The molecule has 2 nitrogen and oxygen atoms in total. The highest BCUT2D eigenvalue weighted by molar-refractivity contribution is 5.72. The summed E-state index contributed by atoms with van der Waals surface area (Å²) in [5.74, 6) is 1.52. The van der Waals surface area contributed by atoms with E-state index in [2.05, 4.69) is 63.7 Å². The van der Waals surface area contributed by atoms with Gasteiger partial charge in [0.05, 0.1) is 19.5 Å². The fourth-order valence-corrected chi connectivity index (χ4v) is 3.59. The van der Waals surface area contributed by atoms with Crippen molar-refractivity contribution in [2.24, 2.45) is 0 Å². The first kappa shape index (κ1) is 12.6. The molecule has 0 N–H and O–H groups in total. The van der Waals surface area contributed by atoms with Crippen molar-refractivity contribution in [3.63, 3.8) is 0 Å². The van der Waals surface area contributed by atoms with Crippen LogP contribution in [0.3, 0.4) is 0 Å². The normalized spacial score (nSPS) is 13.7. The molecule has 0 atom stereocenters. The molecule has 0 amide bonds. The first-order chi connectivity index (χ1) is 10.4. The van der Waals surface area contributed by atoms with Crippen molar-refractivity contribution in [1.29, 1.82) is 0 Å². The summed E-state index contributed by atoms with van der Waals surface area (Å²) in [6.07, 6.45) is 4.88. The van der Waals surface area contributed by atoms with E-state index >= 15 is 0 Å². The quantitative estimate of drug-likeness (QED) is 0.645. The average molecular weight is 277 g/mol. The molecule has 106 valence electrons. The minimum atomic E-state index is 1.12. The number of aryl methyl sites for hydroxylation is 3. The fraction of sp³-hybridized carbons (Fsp3) is 0.316. The predicted octanol–water partition coefficient (Wildman–Crippen LogP) is 3.51. The van der Waals surface area contributed by atoms with Crippen molar-refractivity contribution < 1.29 is 4.57 Å². The Kier molecular flexibility index (Phi) is 3.23. The molecular formula is C19H21N2+. The SMILES string of the molecule is c1ccc(CCCn2c3[n+](c4ccccc42)CCC3)cc1. The maximum absolute atomic E-state index is 2.55. The van der Waals surface area contributed by atoms with Crippen LogP contribution in [0.5, 0.6) is 0 Å². The molecule has 1 aliphatic rings. The van der Waals surface area contributed by atoms with Gasteiger partial charge in [-0.15, -0.1) is 0 Å². The molecule has 4 rings (SSSR count). The van der Waals surface area contributed by atoms with Gasteiger partial charge < -0.3 is 0 Å². The molecule has 2 heteroatoms. The molecule has 0 radical (unpaired) electrons. The lowest BCUT2D eigenvalue weighted by atomic mass is 10.1. The molecule has 0 saturated carbocycles. The second kappa shape index (κ2) is 5.36. The van der Waals surface area contributed by atoms with Crippen molar-refractivity contribution in [2.75, 3.05) is 0 Å². The second-order valence-electron chi connectivity index (χ2n) is 5.90. The van der Waals surface area contributed by atoms with Gasteiger partial charge in [-0.05, 0) is 37.0 Å². The Morgan fingerprint density at radius 1 is 0.952 bits per heavy atom. The zero-order valence-corrected chi connectivity index (χ0v) is 12.3. The standard InChI is InChI=1S/C19H21N2/c1-2-8-16(9-3-1)10-6-14-20-17-11-4-5-12-18(17)21-15-7-13-19(20)21/h1-5,8-9,11-12H,6-7,10,13-15H2/q+1. The summed E-state index contributed by atoms with van der Waals surface area (Å²) in [4.78, 5) is 0. The van der Waals surface area contributed by atoms with Crippen molar-refractivity contribution in [3.8, 4) is 0 Å². The van der Waals surface area contributed by atoms with E-state index < -0.39 is 0 Å². The van der Waals surface area contributed by atoms with Crippen LogP contribution in [0.2, 0.25) is 0 Å². The van der Waals surface area contributed by atoms with Crippen LogP contribution in [-0.4, -0.2) is 4.57 Å². The highest BCUT2D eigenvalue weighted by Crippen LogP contribution is 2.20. The molecule has 21 heavy (non-hydrogen) atoms. The molecule has 0 fully saturated rings. The zero-order valence-electron chi connectivity index (χ0n) is 12.3. The lowest BCUT2D eigenvalue weighted by Gasteiger charge is -2.02. The lowest BCUT2D eigenvalue weighted by Crippen LogP contribution is -2.31. The van der Waals surface area contributed by atoms with E-state index in [0.29, 0.717) is 0 Å². The third-order valence-corrected chi connectivity index (χ3v) is 4.56. The number of rotatable bonds is 4. The van der Waals surface area contributed by atoms with Gasteiger partial charge in [0.1, 0.15) is 0 Å². The number of hydrogen-bond donors (Lipinski definition) is 0. The predicted molar refractivity (Wildman–Crippen MR) is 85.2 cm³/mol. The van der Waals surface area contributed by atoms with E-state index in [1.165, 1.54) is 48.2 Å². The highest BCUT2D eigenvalue weighted by atomic mass is 15.2. The Balaban J connectivity index is 1.59. The molecule has 1 aromatic heterocycles. The van der Waals surface area contributed by atoms with Gasteiger partial charge in [0.25, 0.3) is 5.82 Å². The van der Waals surface area contributed by atoms with Gasteiger partial charge in [0.2, 0.25) is 0 Å². The van der Waals surface area contributed by atoms with Gasteiger partial charge in [-0.1, -0.05) is 42.5 Å². The first-order valence-electron chi connectivity index (χ1n) is 7.97. The largest absolute Gasteiger partial charge is 0.257 e. The van der Waals surface area contributed by atoms with E-state index in [-0.39, 0.29) is 0 Å². The monoisotopic (exact) mass is 277 g/mol. The highest BCUT2D eigenvalue weighted by Gasteiger charge is 2.28. The smallest absolute Gasteiger partial charge is 0.227 e. The third kappa shape index (κ3) is 2.25. The Labute approximate surface area is 125 Å². The number of fused-ring (bicyclic) bond motifs is 3. The summed E-state index contributed by atoms with van der Waals surface area (Å²) in [5, 5.41) is 0. The Hall–Kier alpha value is -2.09. The molecule has 0 bridgehead atoms. The van der Waals surface area contributed by atoms with Crippen LogP contribution >= 0.6 is 0 Å². The van der Waals surface area contributed by atoms with E-state index in [1.807, 2.05) is 0 Å². The van der Waals surface area contributed by atoms with Gasteiger partial charge in [0.15, 0.2) is 11.0 Å². The van der Waals surface area contributed by atoms with Crippen LogP contribution in [0.1, 0.15) is 24.2 Å². The Bertz CT molecular complexity index is 756. The summed E-state index contributed by atoms with van der Waals surface area (Å²) < 4.78 is 5.06. The van der Waals surface area contributed by atoms with Crippen LogP contribution in [0.15, 0.2) is 54.6 Å². The molecule has 0 unspecified atom stereocenters. The lowest BCUT2D eigenvalue weighted by molar-refractivity contribution is -0.665. The topological polar surface area (TPSA) is 8.81 Å². The van der Waals surface area contributed by atoms with Gasteiger partial charge in [0, 0.05) is 0 Å². The summed E-state index contributed by atoms with van der Waals surface area (Å²) >= 11 is 0. The second-order valence-corrected chi connectivity index (χ2v) is 5.90. The minimum Gasteiger partial charge on any atom is -0.227 e. The van der Waals surface area contributed by atoms with Crippen molar-refractivity contribution in [1.82, 2.24) is 4.57 Å². The zero-order chi connectivity index (χ0) is 14.1. The van der Waals surface area contributed by atoms with E-state index in [1.54, 1.807) is 0 Å². The number of hydrogen-bond acceptors (Lipinski definition) is 0. The molecule has 0 spiro atoms. The van der Waals surface area contributed by atoms with Gasteiger partial charge >= 0.3 is 0 Å². The Morgan fingerprint density at radius 2 is 1.76 bits per heavy atom. The summed E-state index contributed by atoms with van der Waals surface area (Å²) in [6.45, 7) is 2.30. The third-order valence-electron chi connectivity index (χ3n) is 4.56. The number of imidazole rings is 1. The Morgan fingerprint density at radius 3 is 2.67 bits per heavy atom. The summed E-state index contributed by atoms with van der Waals surface area (Å²) in [6, 6.07) is 19.7. The maximum atomic E-state index is 2.55. The first-order valence-corrected chi connectivity index (χ1v) is 7.97. The van der Waals surface area contributed by atoms with Crippen molar-refractivity contribution in [3.05, 3.63) is 66.0 Å². The van der Waals surface area contributed by atoms with Gasteiger partial charge in [-0.2, -0.15) is 0 Å². The van der Waals surface area contributed by atoms with Crippen LogP contribution in [0.4, 0.5) is 0 Å². The van der Waals surface area contributed by atoms with Gasteiger partial charge in [-0.25, -0.2) is 9.13 Å². The van der Waals surface area contributed by atoms with E-state index in [4.69, 9.17) is 0 Å². The molecule has 0 aliphatic carbocycles. The maximum Gasteiger partial charge on any atom is 0.257 e. The summed E-state index contributed by atoms with van der Waals surface area (Å²) in [5.41, 5.74) is 4.25. The molecule has 1 aliphatic heterocycles. The van der Waals surface area contributed by atoms with Crippen molar-refractivity contribution >= 4 is 11.0 Å². The number of para-hydroxylation sites is 2. The number of benzene rings is 2. The van der Waals surface area contributed by atoms with Gasteiger partial charge in [-0.3, -0.25) is 0 Å². The van der Waals surface area contributed by atoms with E-state index in [0.717, 1.165) is 13.0 Å². The number of aromatic nitrogens is 2. The van der Waals surface area contributed by atoms with Crippen LogP contribution in [0.25, 0.3) is 11.0 Å². The van der Waals surface area contributed by atoms with Crippen LogP contribution < -0.4 is 4.57 Å². The fourth-order valence-electron chi connectivity index (χ4n) is 3.59. The minimum absolute atomic E-state index is 1.12. The van der Waals surface area contributed by atoms with Crippen LogP contribution in [-0.2, 0) is 25.9 Å². The molecule has 2 heterocycles. The van der Waals surface area contributed by atoms with E-state index in [9.17, 15) is 0 Å².